The summed E-state index contributed by atoms with van der Waals surface area (Å²) in [7, 11) is 1.64. The SMILES string of the molecule is COc1cccc(CC(=O)N2CCc3nc(N4CCCCC4)nc(Oc4cccc(C)c4)c3C2)c1. The highest BCUT2D eigenvalue weighted by Gasteiger charge is 2.28. The molecular weight excluding hydrogens is 440 g/mol. The van der Waals surface area contributed by atoms with Crippen molar-refractivity contribution in [2.24, 2.45) is 0 Å². The van der Waals surface area contributed by atoms with Crippen molar-refractivity contribution in [1.29, 1.82) is 0 Å². The molecule has 0 saturated carbocycles. The first-order chi connectivity index (χ1) is 17.1. The molecule has 3 aromatic rings. The average molecular weight is 473 g/mol. The largest absolute Gasteiger partial charge is 0.497 e. The minimum absolute atomic E-state index is 0.0746. The Hall–Kier alpha value is -3.61. The smallest absolute Gasteiger partial charge is 0.229 e. The van der Waals surface area contributed by atoms with Crippen molar-refractivity contribution in [1.82, 2.24) is 14.9 Å². The van der Waals surface area contributed by atoms with E-state index >= 15 is 0 Å². The van der Waals surface area contributed by atoms with Crippen LogP contribution in [0.1, 0.15) is 41.6 Å². The topological polar surface area (TPSA) is 67.8 Å². The van der Waals surface area contributed by atoms with E-state index in [0.717, 1.165) is 65.8 Å². The van der Waals surface area contributed by atoms with Gasteiger partial charge in [-0.15, -0.1) is 0 Å². The molecule has 35 heavy (non-hydrogen) atoms. The second-order valence-electron chi connectivity index (χ2n) is 9.31. The zero-order chi connectivity index (χ0) is 24.2. The number of benzene rings is 2. The van der Waals surface area contributed by atoms with Gasteiger partial charge < -0.3 is 19.3 Å². The summed E-state index contributed by atoms with van der Waals surface area (Å²) in [5.74, 6) is 2.87. The van der Waals surface area contributed by atoms with Crippen LogP contribution in [-0.4, -0.2) is 47.5 Å². The fourth-order valence-electron chi connectivity index (χ4n) is 4.76. The molecule has 0 N–H and O–H groups in total. The Bertz CT molecular complexity index is 1210. The van der Waals surface area contributed by atoms with Crippen molar-refractivity contribution in [2.45, 2.75) is 45.6 Å². The molecule has 1 aromatic heterocycles. The molecule has 0 bridgehead atoms. The fourth-order valence-corrected chi connectivity index (χ4v) is 4.76. The van der Waals surface area contributed by atoms with Gasteiger partial charge in [0.15, 0.2) is 0 Å². The molecule has 2 aliphatic rings. The van der Waals surface area contributed by atoms with Gasteiger partial charge in [0, 0.05) is 26.1 Å². The zero-order valence-electron chi connectivity index (χ0n) is 20.5. The predicted octanol–water partition coefficient (Wildman–Crippen LogP) is 4.70. The number of fused-ring (bicyclic) bond motifs is 1. The van der Waals surface area contributed by atoms with Crippen LogP contribution >= 0.6 is 0 Å². The van der Waals surface area contributed by atoms with Gasteiger partial charge in [0.2, 0.25) is 17.7 Å². The van der Waals surface area contributed by atoms with Crippen molar-refractivity contribution in [3.63, 3.8) is 0 Å². The second-order valence-corrected chi connectivity index (χ2v) is 9.31. The molecule has 0 atom stereocenters. The number of nitrogens with zero attached hydrogens (tertiary/aromatic N) is 4. The van der Waals surface area contributed by atoms with Gasteiger partial charge in [0.1, 0.15) is 11.5 Å². The van der Waals surface area contributed by atoms with Crippen LogP contribution in [0.5, 0.6) is 17.4 Å². The van der Waals surface area contributed by atoms with E-state index in [9.17, 15) is 4.79 Å². The lowest BCUT2D eigenvalue weighted by Gasteiger charge is -2.32. The zero-order valence-corrected chi connectivity index (χ0v) is 20.5. The number of aromatic nitrogens is 2. The van der Waals surface area contributed by atoms with Crippen LogP contribution in [0.15, 0.2) is 48.5 Å². The van der Waals surface area contributed by atoms with Gasteiger partial charge in [-0.05, 0) is 61.6 Å². The normalized spacial score (nSPS) is 15.5. The highest BCUT2D eigenvalue weighted by atomic mass is 16.5. The molecule has 0 radical (unpaired) electrons. The number of amides is 1. The number of anilines is 1. The molecular formula is C28H32N4O3. The van der Waals surface area contributed by atoms with Crippen molar-refractivity contribution in [3.8, 4) is 17.4 Å². The average Bonchev–Trinajstić information content (AvgIpc) is 2.89. The number of rotatable bonds is 6. The van der Waals surface area contributed by atoms with Gasteiger partial charge in [-0.3, -0.25) is 4.79 Å². The molecule has 1 saturated heterocycles. The Balaban J connectivity index is 1.42. The van der Waals surface area contributed by atoms with Crippen molar-refractivity contribution in [3.05, 3.63) is 70.9 Å². The Morgan fingerprint density at radius 1 is 0.971 bits per heavy atom. The number of carbonyl (C=O) groups excluding carboxylic acids is 1. The van der Waals surface area contributed by atoms with Crippen LogP contribution in [0.4, 0.5) is 5.95 Å². The number of aryl methyl sites for hydroxylation is 1. The molecule has 2 aliphatic heterocycles. The second kappa shape index (κ2) is 10.3. The van der Waals surface area contributed by atoms with Crippen LogP contribution in [0.25, 0.3) is 0 Å². The summed E-state index contributed by atoms with van der Waals surface area (Å²) in [5.41, 5.74) is 3.94. The van der Waals surface area contributed by atoms with E-state index in [4.69, 9.17) is 19.4 Å². The van der Waals surface area contributed by atoms with Gasteiger partial charge in [-0.1, -0.05) is 24.3 Å². The van der Waals surface area contributed by atoms with E-state index in [1.54, 1.807) is 7.11 Å². The lowest BCUT2D eigenvalue weighted by Crippen LogP contribution is -2.38. The van der Waals surface area contributed by atoms with Gasteiger partial charge in [-0.2, -0.15) is 4.98 Å². The van der Waals surface area contributed by atoms with E-state index in [0.29, 0.717) is 31.8 Å². The highest BCUT2D eigenvalue weighted by molar-refractivity contribution is 5.79. The van der Waals surface area contributed by atoms with E-state index < -0.39 is 0 Å². The molecule has 7 nitrogen and oxygen atoms in total. The summed E-state index contributed by atoms with van der Waals surface area (Å²) < 4.78 is 11.6. The maximum atomic E-state index is 13.2. The molecule has 0 unspecified atom stereocenters. The Morgan fingerprint density at radius 3 is 2.57 bits per heavy atom. The monoisotopic (exact) mass is 472 g/mol. The maximum Gasteiger partial charge on any atom is 0.229 e. The third-order valence-electron chi connectivity index (χ3n) is 6.70. The summed E-state index contributed by atoms with van der Waals surface area (Å²) >= 11 is 0. The molecule has 7 heteroatoms. The molecule has 2 aromatic carbocycles. The van der Waals surface area contributed by atoms with E-state index in [-0.39, 0.29) is 5.91 Å². The lowest BCUT2D eigenvalue weighted by atomic mass is 10.0. The molecule has 1 amide bonds. The van der Waals surface area contributed by atoms with E-state index in [1.807, 2.05) is 60.4 Å². The molecule has 182 valence electrons. The first-order valence-corrected chi connectivity index (χ1v) is 12.4. The molecule has 1 fully saturated rings. The van der Waals surface area contributed by atoms with Crippen molar-refractivity contribution < 1.29 is 14.3 Å². The first kappa shape index (κ1) is 23.1. The number of piperidine rings is 1. The molecule has 0 spiro atoms. The quantitative estimate of drug-likeness (QED) is 0.518. The van der Waals surface area contributed by atoms with Crippen LogP contribution in [0.2, 0.25) is 0 Å². The molecule has 5 rings (SSSR count). The number of hydrogen-bond donors (Lipinski definition) is 0. The van der Waals surface area contributed by atoms with E-state index in [2.05, 4.69) is 4.90 Å². The Kier molecular flexibility index (Phi) is 6.84. The van der Waals surface area contributed by atoms with Crippen molar-refractivity contribution >= 4 is 11.9 Å². The lowest BCUT2D eigenvalue weighted by molar-refractivity contribution is -0.131. The first-order valence-electron chi connectivity index (χ1n) is 12.4. The Labute approximate surface area is 206 Å². The van der Waals surface area contributed by atoms with Crippen LogP contribution in [-0.2, 0) is 24.2 Å². The minimum Gasteiger partial charge on any atom is -0.497 e. The summed E-state index contributed by atoms with van der Waals surface area (Å²) in [6.45, 7) is 5.05. The molecule has 0 aliphatic carbocycles. The summed E-state index contributed by atoms with van der Waals surface area (Å²) in [6, 6.07) is 15.6. The third-order valence-corrected chi connectivity index (χ3v) is 6.70. The number of methoxy groups -OCH3 is 1. The fraction of sp³-hybridized carbons (Fsp3) is 0.393. The molecule has 3 heterocycles. The van der Waals surface area contributed by atoms with Crippen LogP contribution < -0.4 is 14.4 Å². The standard InChI is InChI=1S/C28H32N4O3/c1-20-8-6-11-23(16-20)35-27-24-19-32(26(33)18-21-9-7-10-22(17-21)34-2)15-12-25(24)29-28(30-27)31-13-4-3-5-14-31/h6-11,16-17H,3-5,12-15,18-19H2,1-2H3. The minimum atomic E-state index is 0.0746. The van der Waals surface area contributed by atoms with Gasteiger partial charge in [0.25, 0.3) is 0 Å². The maximum absolute atomic E-state index is 13.2. The highest BCUT2D eigenvalue weighted by Crippen LogP contribution is 2.32. The van der Waals surface area contributed by atoms with Gasteiger partial charge in [-0.25, -0.2) is 4.98 Å². The van der Waals surface area contributed by atoms with Gasteiger partial charge in [0.05, 0.1) is 31.3 Å². The number of carbonyl (C=O) groups is 1. The summed E-state index contributed by atoms with van der Waals surface area (Å²) in [5, 5.41) is 0. The summed E-state index contributed by atoms with van der Waals surface area (Å²) in [4.78, 5) is 27.2. The van der Waals surface area contributed by atoms with Gasteiger partial charge >= 0.3 is 0 Å². The number of ether oxygens (including phenoxy) is 2. The summed E-state index contributed by atoms with van der Waals surface area (Å²) in [6.07, 6.45) is 4.57. The predicted molar refractivity (Wildman–Crippen MR) is 135 cm³/mol. The van der Waals surface area contributed by atoms with Crippen LogP contribution in [0, 0.1) is 6.92 Å². The number of hydrogen-bond acceptors (Lipinski definition) is 6. The van der Waals surface area contributed by atoms with Crippen molar-refractivity contribution in [2.75, 3.05) is 31.6 Å². The van der Waals surface area contributed by atoms with Crippen LogP contribution in [0.3, 0.4) is 0 Å². The Morgan fingerprint density at radius 2 is 1.77 bits per heavy atom. The third kappa shape index (κ3) is 5.39. The van der Waals surface area contributed by atoms with E-state index in [1.165, 1.54) is 6.42 Å².